The van der Waals surface area contributed by atoms with Gasteiger partial charge in [-0.2, -0.15) is 0 Å². The fraction of sp³-hybridized carbons (Fsp3) is 0.0667. The van der Waals surface area contributed by atoms with Crippen LogP contribution in [0.3, 0.4) is 0 Å². The van der Waals surface area contributed by atoms with Gasteiger partial charge in [0.05, 0.1) is 11.2 Å². The quantitative estimate of drug-likeness (QED) is 0.715. The lowest BCUT2D eigenvalue weighted by Gasteiger charge is -2.19. The van der Waals surface area contributed by atoms with Gasteiger partial charge in [-0.25, -0.2) is 9.97 Å². The number of nitrogens with zero attached hydrogens (tertiary/aromatic N) is 4. The van der Waals surface area contributed by atoms with Crippen LogP contribution >= 0.6 is 11.3 Å². The Bertz CT molecular complexity index is 712. The van der Waals surface area contributed by atoms with Crippen LogP contribution in [0.1, 0.15) is 0 Å². The van der Waals surface area contributed by atoms with Crippen LogP contribution in [0, 0.1) is 0 Å². The molecular weight excluding hydrogens is 268 g/mol. The van der Waals surface area contributed by atoms with Gasteiger partial charge in [-0.1, -0.05) is 18.2 Å². The molecule has 0 bridgehead atoms. The van der Waals surface area contributed by atoms with E-state index in [0.29, 0.717) is 0 Å². The summed E-state index contributed by atoms with van der Waals surface area (Å²) in [5.41, 5.74) is 2.20. The highest BCUT2D eigenvalue weighted by atomic mass is 32.1. The number of benzene rings is 1. The molecule has 0 amide bonds. The monoisotopic (exact) mass is 280 g/mol. The Labute approximate surface area is 121 Å². The number of thiophene rings is 1. The zero-order valence-electron chi connectivity index (χ0n) is 10.7. The van der Waals surface area contributed by atoms with E-state index in [0.717, 1.165) is 23.9 Å². The lowest BCUT2D eigenvalue weighted by Crippen LogP contribution is -2.23. The number of rotatable bonds is 2. The maximum atomic E-state index is 4.45. The lowest BCUT2D eigenvalue weighted by molar-refractivity contribution is 0.989. The molecule has 98 valence electrons. The summed E-state index contributed by atoms with van der Waals surface area (Å²) in [5, 5.41) is 3.30. The first-order chi connectivity index (χ1) is 9.93. The highest BCUT2D eigenvalue weighted by Crippen LogP contribution is 2.43. The molecule has 2 aromatic heterocycles. The fourth-order valence-corrected chi connectivity index (χ4v) is 3.16. The highest BCUT2D eigenvalue weighted by Gasteiger charge is 2.29. The van der Waals surface area contributed by atoms with Gasteiger partial charge in [0.15, 0.2) is 5.82 Å². The molecule has 0 radical (unpaired) electrons. The molecule has 0 N–H and O–H groups in total. The van der Waals surface area contributed by atoms with Gasteiger partial charge in [0.2, 0.25) is 0 Å². The van der Waals surface area contributed by atoms with E-state index in [2.05, 4.69) is 49.4 Å². The van der Waals surface area contributed by atoms with Crippen LogP contribution < -0.4 is 9.80 Å². The van der Waals surface area contributed by atoms with Gasteiger partial charge in [0.25, 0.3) is 0 Å². The molecule has 0 aliphatic carbocycles. The van der Waals surface area contributed by atoms with E-state index in [1.807, 2.05) is 24.4 Å². The zero-order valence-corrected chi connectivity index (χ0v) is 11.5. The maximum Gasteiger partial charge on any atom is 0.162 e. The Morgan fingerprint density at radius 1 is 1.00 bits per heavy atom. The molecule has 1 aromatic carbocycles. The van der Waals surface area contributed by atoms with Crippen molar-refractivity contribution in [2.45, 2.75) is 0 Å². The van der Waals surface area contributed by atoms with Crippen LogP contribution in [0.25, 0.3) is 0 Å². The molecule has 20 heavy (non-hydrogen) atoms. The third-order valence-corrected chi connectivity index (χ3v) is 4.23. The van der Waals surface area contributed by atoms with Crippen molar-refractivity contribution in [1.82, 2.24) is 9.97 Å². The van der Waals surface area contributed by atoms with E-state index in [-0.39, 0.29) is 0 Å². The van der Waals surface area contributed by atoms with E-state index in [9.17, 15) is 0 Å². The van der Waals surface area contributed by atoms with Crippen molar-refractivity contribution in [3.63, 3.8) is 0 Å². The van der Waals surface area contributed by atoms with E-state index < -0.39 is 0 Å². The molecule has 4 nitrogen and oxygen atoms in total. The summed E-state index contributed by atoms with van der Waals surface area (Å²) in [6.07, 6.45) is 3.48. The topological polar surface area (TPSA) is 32.3 Å². The third kappa shape index (κ3) is 1.75. The van der Waals surface area contributed by atoms with E-state index in [4.69, 9.17) is 0 Å². The standard InChI is InChI=1S/C15H12N4S/c1-2-5-12(6-3-1)18-11-19(14-7-4-8-20-14)13-9-16-10-17-15(13)18/h1-10H,11H2. The molecule has 1 aliphatic rings. The second kappa shape index (κ2) is 4.61. The number of anilines is 4. The molecule has 0 atom stereocenters. The summed E-state index contributed by atoms with van der Waals surface area (Å²) in [6, 6.07) is 14.5. The predicted molar refractivity (Wildman–Crippen MR) is 81.9 cm³/mol. The van der Waals surface area contributed by atoms with E-state index in [1.54, 1.807) is 17.7 Å². The van der Waals surface area contributed by atoms with Crippen LogP contribution in [0.15, 0.2) is 60.4 Å². The minimum Gasteiger partial charge on any atom is -0.310 e. The maximum absolute atomic E-state index is 4.45. The van der Waals surface area contributed by atoms with Crippen molar-refractivity contribution in [3.05, 3.63) is 60.4 Å². The van der Waals surface area contributed by atoms with Crippen molar-refractivity contribution >= 4 is 33.5 Å². The van der Waals surface area contributed by atoms with Gasteiger partial charge < -0.3 is 9.80 Å². The minimum absolute atomic E-state index is 0.762. The smallest absolute Gasteiger partial charge is 0.162 e. The van der Waals surface area contributed by atoms with Crippen LogP contribution in [-0.2, 0) is 0 Å². The zero-order chi connectivity index (χ0) is 13.4. The van der Waals surface area contributed by atoms with Crippen molar-refractivity contribution in [2.24, 2.45) is 0 Å². The first-order valence-electron chi connectivity index (χ1n) is 6.37. The average molecular weight is 280 g/mol. The first kappa shape index (κ1) is 11.4. The Morgan fingerprint density at radius 2 is 1.90 bits per heavy atom. The number of fused-ring (bicyclic) bond motifs is 1. The normalized spacial score (nSPS) is 13.6. The van der Waals surface area contributed by atoms with Crippen molar-refractivity contribution in [3.8, 4) is 0 Å². The van der Waals surface area contributed by atoms with Crippen molar-refractivity contribution in [1.29, 1.82) is 0 Å². The summed E-state index contributed by atoms with van der Waals surface area (Å²) in [4.78, 5) is 13.1. The van der Waals surface area contributed by atoms with Gasteiger partial charge in [-0.15, -0.1) is 11.3 Å². The number of para-hydroxylation sites is 1. The molecule has 0 saturated carbocycles. The fourth-order valence-electron chi connectivity index (χ4n) is 2.42. The van der Waals surface area contributed by atoms with Gasteiger partial charge in [0, 0.05) is 5.69 Å². The van der Waals surface area contributed by atoms with E-state index in [1.165, 1.54) is 5.00 Å². The Hall–Kier alpha value is -2.40. The largest absolute Gasteiger partial charge is 0.310 e. The summed E-state index contributed by atoms with van der Waals surface area (Å²) < 4.78 is 0. The minimum atomic E-state index is 0.762. The highest BCUT2D eigenvalue weighted by molar-refractivity contribution is 7.14. The first-order valence-corrected chi connectivity index (χ1v) is 7.25. The predicted octanol–water partition coefficient (Wildman–Crippen LogP) is 3.79. The number of hydrogen-bond donors (Lipinski definition) is 0. The summed E-state index contributed by atoms with van der Waals surface area (Å²) in [5.74, 6) is 0.958. The second-order valence-corrected chi connectivity index (χ2v) is 5.44. The van der Waals surface area contributed by atoms with Gasteiger partial charge in [-0.05, 0) is 29.6 Å². The Morgan fingerprint density at radius 3 is 2.70 bits per heavy atom. The number of hydrogen-bond acceptors (Lipinski definition) is 5. The molecule has 0 saturated heterocycles. The molecule has 5 heteroatoms. The van der Waals surface area contributed by atoms with Gasteiger partial charge in [-0.3, -0.25) is 0 Å². The van der Waals surface area contributed by atoms with Crippen LogP contribution in [0.5, 0.6) is 0 Å². The number of aromatic nitrogens is 2. The average Bonchev–Trinajstić information content (AvgIpc) is 3.15. The van der Waals surface area contributed by atoms with Crippen LogP contribution in [-0.4, -0.2) is 16.6 Å². The van der Waals surface area contributed by atoms with Crippen LogP contribution in [0.2, 0.25) is 0 Å². The molecular formula is C15H12N4S. The van der Waals surface area contributed by atoms with Gasteiger partial charge >= 0.3 is 0 Å². The molecule has 0 unspecified atom stereocenters. The molecule has 1 aliphatic heterocycles. The molecule has 3 heterocycles. The Kier molecular flexibility index (Phi) is 2.63. The Balaban J connectivity index is 1.81. The molecule has 4 rings (SSSR count). The molecule has 3 aromatic rings. The summed E-state index contributed by atoms with van der Waals surface area (Å²) in [6.45, 7) is 0.762. The molecule has 0 fully saturated rings. The van der Waals surface area contributed by atoms with Crippen LogP contribution in [0.4, 0.5) is 22.2 Å². The molecule has 0 spiro atoms. The van der Waals surface area contributed by atoms with E-state index >= 15 is 0 Å². The second-order valence-electron chi connectivity index (χ2n) is 4.52. The summed E-state index contributed by atoms with van der Waals surface area (Å²) >= 11 is 1.72. The summed E-state index contributed by atoms with van der Waals surface area (Å²) in [7, 11) is 0. The van der Waals surface area contributed by atoms with Crippen molar-refractivity contribution in [2.75, 3.05) is 16.5 Å². The van der Waals surface area contributed by atoms with Gasteiger partial charge in [0.1, 0.15) is 18.7 Å². The SMILES string of the molecule is c1ccc(N2CN(c3cccs3)c3cncnc32)cc1. The lowest BCUT2D eigenvalue weighted by atomic mass is 10.3. The third-order valence-electron chi connectivity index (χ3n) is 3.34. The van der Waals surface area contributed by atoms with Crippen molar-refractivity contribution < 1.29 is 0 Å².